The lowest BCUT2D eigenvalue weighted by Gasteiger charge is -2.35. The molecule has 0 aliphatic carbocycles. The Bertz CT molecular complexity index is 424. The predicted octanol–water partition coefficient (Wildman–Crippen LogP) is 1.21. The Morgan fingerprint density at radius 2 is 2.18 bits per heavy atom. The zero-order valence-electron chi connectivity index (χ0n) is 9.69. The van der Waals surface area contributed by atoms with Gasteiger partial charge >= 0.3 is 0 Å². The quantitative estimate of drug-likeness (QED) is 0.800. The van der Waals surface area contributed by atoms with Crippen molar-refractivity contribution in [2.75, 3.05) is 13.1 Å². The molecule has 1 aliphatic rings. The predicted molar refractivity (Wildman–Crippen MR) is 60.0 cm³/mol. The van der Waals surface area contributed by atoms with E-state index < -0.39 is 11.4 Å². The molecule has 0 unspecified atom stereocenters. The Balaban J connectivity index is 2.10. The van der Waals surface area contributed by atoms with Crippen molar-refractivity contribution in [3.8, 4) is 0 Å². The third-order valence-corrected chi connectivity index (χ3v) is 3.13. The molecular weight excluding hydrogens is 223 g/mol. The third kappa shape index (κ3) is 2.61. The Hall–Kier alpha value is -1.49. The van der Waals surface area contributed by atoms with Gasteiger partial charge in [-0.1, -0.05) is 0 Å². The van der Waals surface area contributed by atoms with Gasteiger partial charge in [-0.25, -0.2) is 4.39 Å². The van der Waals surface area contributed by atoms with Crippen LogP contribution in [0.25, 0.3) is 0 Å². The van der Waals surface area contributed by atoms with E-state index in [9.17, 15) is 14.3 Å². The molecule has 0 aromatic carbocycles. The lowest BCUT2D eigenvalue weighted by atomic mass is 9.93. The van der Waals surface area contributed by atoms with Gasteiger partial charge in [-0.15, -0.1) is 0 Å². The van der Waals surface area contributed by atoms with Crippen molar-refractivity contribution in [2.45, 2.75) is 25.4 Å². The molecule has 4 nitrogen and oxygen atoms in total. The summed E-state index contributed by atoms with van der Waals surface area (Å²) < 4.78 is 13.4. The number of halogens is 1. The maximum absolute atomic E-state index is 13.4. The number of carbonyl (C=O) groups is 1. The fraction of sp³-hybridized carbons (Fsp3) is 0.500. The first kappa shape index (κ1) is 12.0. The lowest BCUT2D eigenvalue weighted by molar-refractivity contribution is -0.00213. The van der Waals surface area contributed by atoms with Gasteiger partial charge in [0.15, 0.2) is 5.82 Å². The second kappa shape index (κ2) is 4.41. The molecule has 1 fully saturated rings. The first-order chi connectivity index (χ1) is 7.99. The molecule has 0 atom stereocenters. The van der Waals surface area contributed by atoms with Crippen molar-refractivity contribution in [3.05, 3.63) is 29.8 Å². The minimum Gasteiger partial charge on any atom is -0.390 e. The number of pyridine rings is 1. The van der Waals surface area contributed by atoms with Crippen LogP contribution in [0.15, 0.2) is 18.5 Å². The van der Waals surface area contributed by atoms with Gasteiger partial charge in [0, 0.05) is 19.3 Å². The highest BCUT2D eigenvalue weighted by Crippen LogP contribution is 2.22. The van der Waals surface area contributed by atoms with Crippen LogP contribution in [0.2, 0.25) is 0 Å². The van der Waals surface area contributed by atoms with E-state index in [0.717, 1.165) is 6.20 Å². The molecule has 5 heteroatoms. The number of amides is 1. The fourth-order valence-electron chi connectivity index (χ4n) is 1.91. The van der Waals surface area contributed by atoms with Crippen LogP contribution in [0.3, 0.4) is 0 Å². The van der Waals surface area contributed by atoms with Crippen molar-refractivity contribution >= 4 is 5.91 Å². The summed E-state index contributed by atoms with van der Waals surface area (Å²) in [4.78, 5) is 17.2. The zero-order chi connectivity index (χ0) is 12.5. The van der Waals surface area contributed by atoms with Gasteiger partial charge in [-0.2, -0.15) is 0 Å². The number of hydrogen-bond acceptors (Lipinski definition) is 3. The standard InChI is InChI=1S/C12H15FN2O2/c1-12(17)3-6-15(7-4-12)11(16)9-2-5-14-8-10(9)13/h2,5,8,17H,3-4,6-7H2,1H3. The molecule has 92 valence electrons. The minimum absolute atomic E-state index is 0.0431. The normalized spacial score (nSPS) is 19.1. The van der Waals surface area contributed by atoms with Crippen LogP contribution in [-0.2, 0) is 0 Å². The summed E-state index contributed by atoms with van der Waals surface area (Å²) in [5.74, 6) is -0.935. The summed E-state index contributed by atoms with van der Waals surface area (Å²) >= 11 is 0. The SMILES string of the molecule is CC1(O)CCN(C(=O)c2ccncc2F)CC1. The Morgan fingerprint density at radius 1 is 1.53 bits per heavy atom. The van der Waals surface area contributed by atoms with Gasteiger partial charge in [0.05, 0.1) is 17.4 Å². The summed E-state index contributed by atoms with van der Waals surface area (Å²) in [7, 11) is 0. The molecule has 1 aromatic heterocycles. The number of rotatable bonds is 1. The van der Waals surface area contributed by atoms with Crippen LogP contribution in [0, 0.1) is 5.82 Å². The molecule has 0 bridgehead atoms. The number of hydrogen-bond donors (Lipinski definition) is 1. The molecule has 0 saturated carbocycles. The Labute approximate surface area is 99.1 Å². The second-order valence-electron chi connectivity index (χ2n) is 4.64. The molecule has 1 amide bonds. The number of likely N-dealkylation sites (tertiary alicyclic amines) is 1. The second-order valence-corrected chi connectivity index (χ2v) is 4.64. The van der Waals surface area contributed by atoms with Gasteiger partial charge in [-0.3, -0.25) is 9.78 Å². The lowest BCUT2D eigenvalue weighted by Crippen LogP contribution is -2.45. The largest absolute Gasteiger partial charge is 0.390 e. The van der Waals surface area contributed by atoms with E-state index >= 15 is 0 Å². The number of aromatic nitrogens is 1. The summed E-state index contributed by atoms with van der Waals surface area (Å²) in [5.41, 5.74) is -0.672. The summed E-state index contributed by atoms with van der Waals surface area (Å²) in [6.07, 6.45) is 3.47. The van der Waals surface area contributed by atoms with Crippen molar-refractivity contribution in [1.29, 1.82) is 0 Å². The van der Waals surface area contributed by atoms with Crippen LogP contribution in [0.1, 0.15) is 30.1 Å². The zero-order valence-corrected chi connectivity index (χ0v) is 9.69. The number of carbonyl (C=O) groups excluding carboxylic acids is 1. The first-order valence-corrected chi connectivity index (χ1v) is 5.61. The maximum Gasteiger partial charge on any atom is 0.256 e. The van der Waals surface area contributed by atoms with Crippen LogP contribution in [0.4, 0.5) is 4.39 Å². The summed E-state index contributed by atoms with van der Waals surface area (Å²) in [6.45, 7) is 2.66. The van der Waals surface area contributed by atoms with E-state index in [2.05, 4.69) is 4.98 Å². The van der Waals surface area contributed by atoms with Crippen LogP contribution < -0.4 is 0 Å². The van der Waals surface area contributed by atoms with Crippen molar-refractivity contribution in [1.82, 2.24) is 9.88 Å². The molecule has 2 rings (SSSR count). The van der Waals surface area contributed by atoms with E-state index in [1.165, 1.54) is 12.3 Å². The highest BCUT2D eigenvalue weighted by atomic mass is 19.1. The molecular formula is C12H15FN2O2. The number of nitrogens with zero attached hydrogens (tertiary/aromatic N) is 2. The molecule has 1 aliphatic heterocycles. The van der Waals surface area contributed by atoms with Gasteiger partial charge in [-0.05, 0) is 25.8 Å². The highest BCUT2D eigenvalue weighted by Gasteiger charge is 2.30. The Kier molecular flexibility index (Phi) is 3.11. The van der Waals surface area contributed by atoms with Crippen LogP contribution in [0.5, 0.6) is 0 Å². The van der Waals surface area contributed by atoms with Gasteiger partial charge < -0.3 is 10.0 Å². The van der Waals surface area contributed by atoms with Gasteiger partial charge in [0.25, 0.3) is 5.91 Å². The molecule has 17 heavy (non-hydrogen) atoms. The van der Waals surface area contributed by atoms with Crippen molar-refractivity contribution in [3.63, 3.8) is 0 Å². The first-order valence-electron chi connectivity index (χ1n) is 5.61. The van der Waals surface area contributed by atoms with E-state index in [0.29, 0.717) is 25.9 Å². The van der Waals surface area contributed by atoms with Gasteiger partial charge in [0.1, 0.15) is 0 Å². The minimum atomic E-state index is -0.715. The molecule has 0 radical (unpaired) electrons. The number of aliphatic hydroxyl groups is 1. The monoisotopic (exact) mass is 238 g/mol. The smallest absolute Gasteiger partial charge is 0.256 e. The average Bonchev–Trinajstić information content (AvgIpc) is 2.29. The topological polar surface area (TPSA) is 53.4 Å². The van der Waals surface area contributed by atoms with E-state index in [1.54, 1.807) is 11.8 Å². The Morgan fingerprint density at radius 3 is 2.76 bits per heavy atom. The van der Waals surface area contributed by atoms with Crippen molar-refractivity contribution in [2.24, 2.45) is 0 Å². The van der Waals surface area contributed by atoms with E-state index in [-0.39, 0.29) is 11.5 Å². The van der Waals surface area contributed by atoms with E-state index in [1.807, 2.05) is 0 Å². The maximum atomic E-state index is 13.4. The van der Waals surface area contributed by atoms with E-state index in [4.69, 9.17) is 0 Å². The molecule has 1 N–H and O–H groups in total. The van der Waals surface area contributed by atoms with Crippen LogP contribution in [-0.4, -0.2) is 39.6 Å². The highest BCUT2D eigenvalue weighted by molar-refractivity contribution is 5.94. The summed E-state index contributed by atoms with van der Waals surface area (Å²) in [5, 5.41) is 9.78. The number of piperidine rings is 1. The summed E-state index contributed by atoms with van der Waals surface area (Å²) in [6, 6.07) is 1.38. The van der Waals surface area contributed by atoms with Crippen molar-refractivity contribution < 1.29 is 14.3 Å². The molecule has 0 spiro atoms. The molecule has 1 saturated heterocycles. The van der Waals surface area contributed by atoms with Gasteiger partial charge in [0.2, 0.25) is 0 Å². The average molecular weight is 238 g/mol. The molecule has 2 heterocycles. The fourth-order valence-corrected chi connectivity index (χ4v) is 1.91. The molecule has 1 aromatic rings. The van der Waals surface area contributed by atoms with Crippen LogP contribution >= 0.6 is 0 Å². The third-order valence-electron chi connectivity index (χ3n) is 3.13.